The minimum absolute atomic E-state index is 0.0324. The molecule has 2 aliphatic rings. The van der Waals surface area contributed by atoms with Crippen molar-refractivity contribution in [3.05, 3.63) is 59.4 Å². The van der Waals surface area contributed by atoms with Crippen molar-refractivity contribution < 1.29 is 13.2 Å². The lowest BCUT2D eigenvalue weighted by Gasteiger charge is -2.32. The van der Waals surface area contributed by atoms with Gasteiger partial charge in [-0.15, -0.1) is 0 Å². The number of rotatable bonds is 6. The summed E-state index contributed by atoms with van der Waals surface area (Å²) in [7, 11) is -3.55. The maximum atomic E-state index is 13.3. The van der Waals surface area contributed by atoms with Crippen LogP contribution in [0.3, 0.4) is 0 Å². The normalized spacial score (nSPS) is 18.5. The number of nitrogens with one attached hydrogen (secondary N) is 2. The van der Waals surface area contributed by atoms with Gasteiger partial charge >= 0.3 is 0 Å². The van der Waals surface area contributed by atoms with Gasteiger partial charge in [0.2, 0.25) is 15.9 Å². The number of carbonyl (C=O) groups is 1. The minimum atomic E-state index is -3.55. The Morgan fingerprint density at radius 1 is 1.06 bits per heavy atom. The van der Waals surface area contributed by atoms with Gasteiger partial charge in [0.15, 0.2) is 0 Å². The number of H-pyrrole nitrogens is 1. The lowest BCUT2D eigenvalue weighted by molar-refractivity contribution is -0.127. The summed E-state index contributed by atoms with van der Waals surface area (Å²) in [6, 6.07) is 13.2. The highest BCUT2D eigenvalue weighted by Crippen LogP contribution is 2.29. The molecular weight excluding hydrogens is 460 g/mol. The third kappa shape index (κ3) is 4.86. The molecule has 1 aliphatic carbocycles. The molecule has 0 bridgehead atoms. The van der Waals surface area contributed by atoms with Gasteiger partial charge in [0, 0.05) is 19.0 Å². The maximum absolute atomic E-state index is 13.3. The van der Waals surface area contributed by atoms with Gasteiger partial charge in [-0.25, -0.2) is 13.4 Å². The van der Waals surface area contributed by atoms with Gasteiger partial charge < -0.3 is 10.3 Å². The molecule has 35 heavy (non-hydrogen) atoms. The Hall–Kier alpha value is -2.71. The molecular formula is C27H34N4O3S. The molecule has 7 nitrogen and oxygen atoms in total. The van der Waals surface area contributed by atoms with Crippen LogP contribution in [-0.4, -0.2) is 41.7 Å². The molecule has 186 valence electrons. The molecule has 1 aromatic heterocycles. The van der Waals surface area contributed by atoms with Crippen molar-refractivity contribution in [3.8, 4) is 0 Å². The van der Waals surface area contributed by atoms with E-state index in [1.54, 1.807) is 10.4 Å². The number of sulfonamides is 1. The van der Waals surface area contributed by atoms with E-state index in [2.05, 4.69) is 29.1 Å². The van der Waals surface area contributed by atoms with E-state index in [9.17, 15) is 13.2 Å². The summed E-state index contributed by atoms with van der Waals surface area (Å²) < 4.78 is 28.1. The smallest absolute Gasteiger partial charge is 0.243 e. The van der Waals surface area contributed by atoms with E-state index >= 15 is 0 Å². The molecule has 2 aromatic carbocycles. The van der Waals surface area contributed by atoms with Crippen LogP contribution in [0.5, 0.6) is 0 Å². The zero-order valence-electron chi connectivity index (χ0n) is 20.5. The van der Waals surface area contributed by atoms with Gasteiger partial charge in [-0.3, -0.25) is 4.79 Å². The average Bonchev–Trinajstić information content (AvgIpc) is 3.30. The Labute approximate surface area is 207 Å². The lowest BCUT2D eigenvalue weighted by atomic mass is 9.92. The van der Waals surface area contributed by atoms with Crippen molar-refractivity contribution in [2.45, 2.75) is 63.3 Å². The molecule has 0 spiro atoms. The second-order valence-corrected chi connectivity index (χ2v) is 12.1. The van der Waals surface area contributed by atoms with Crippen molar-refractivity contribution in [2.24, 2.45) is 11.8 Å². The Kier molecular flexibility index (Phi) is 6.68. The largest absolute Gasteiger partial charge is 0.346 e. The summed E-state index contributed by atoms with van der Waals surface area (Å²) in [6.45, 7) is 4.83. The van der Waals surface area contributed by atoms with Gasteiger partial charge in [-0.1, -0.05) is 32.0 Å². The fourth-order valence-corrected chi connectivity index (χ4v) is 6.84. The third-order valence-corrected chi connectivity index (χ3v) is 9.34. The highest BCUT2D eigenvalue weighted by molar-refractivity contribution is 7.89. The van der Waals surface area contributed by atoms with E-state index in [1.807, 2.05) is 36.4 Å². The first-order valence-corrected chi connectivity index (χ1v) is 14.1. The van der Waals surface area contributed by atoms with E-state index in [1.165, 1.54) is 12.0 Å². The summed E-state index contributed by atoms with van der Waals surface area (Å²) in [5, 5.41) is 3.18. The fraction of sp³-hybridized carbons (Fsp3) is 0.481. The number of fused-ring (bicyclic) bond motifs is 2. The molecule has 0 unspecified atom stereocenters. The summed E-state index contributed by atoms with van der Waals surface area (Å²) in [5.74, 6) is 0.663. The monoisotopic (exact) mass is 494 g/mol. The molecule has 5 rings (SSSR count). The predicted octanol–water partition coefficient (Wildman–Crippen LogP) is 4.36. The SMILES string of the molecule is CC(C)[C@@H](NC(=O)C1CCN(S(=O)(=O)c2ccc3c(c2)CCCC3)CC1)c1nc2ccccc2[nH]1. The summed E-state index contributed by atoms with van der Waals surface area (Å²) in [5.41, 5.74) is 4.26. The van der Waals surface area contributed by atoms with Crippen LogP contribution in [0.4, 0.5) is 0 Å². The van der Waals surface area contributed by atoms with Crippen LogP contribution >= 0.6 is 0 Å². The second-order valence-electron chi connectivity index (χ2n) is 10.2. The van der Waals surface area contributed by atoms with E-state index in [0.29, 0.717) is 30.8 Å². The Morgan fingerprint density at radius 3 is 2.49 bits per heavy atom. The van der Waals surface area contributed by atoms with Crippen LogP contribution in [0, 0.1) is 11.8 Å². The zero-order chi connectivity index (χ0) is 24.6. The van der Waals surface area contributed by atoms with Crippen LogP contribution in [-0.2, 0) is 27.7 Å². The number of imidazole rings is 1. The van der Waals surface area contributed by atoms with Crippen molar-refractivity contribution >= 4 is 27.0 Å². The van der Waals surface area contributed by atoms with Crippen LogP contribution in [0.1, 0.15) is 62.5 Å². The van der Waals surface area contributed by atoms with E-state index in [-0.39, 0.29) is 23.8 Å². The molecule has 1 fully saturated rings. The topological polar surface area (TPSA) is 95.2 Å². The van der Waals surface area contributed by atoms with Gasteiger partial charge in [-0.05, 0) is 79.8 Å². The standard InChI is InChI=1S/C27H34N4O3S/c1-18(2)25(26-28-23-9-5-6-10-24(23)29-26)30-27(32)20-13-15-31(16-14-20)35(33,34)22-12-11-19-7-3-4-8-21(19)17-22/h5-6,9-12,17-18,20,25H,3-4,7-8,13-16H2,1-2H3,(H,28,29)(H,30,32)/t25-/m1/s1. The van der Waals surface area contributed by atoms with Crippen LogP contribution in [0.25, 0.3) is 11.0 Å². The number of aromatic nitrogens is 2. The van der Waals surface area contributed by atoms with E-state index in [0.717, 1.165) is 41.7 Å². The molecule has 1 amide bonds. The van der Waals surface area contributed by atoms with Gasteiger partial charge in [0.1, 0.15) is 5.82 Å². The number of hydrogen-bond acceptors (Lipinski definition) is 4. The number of piperidine rings is 1. The molecule has 2 heterocycles. The maximum Gasteiger partial charge on any atom is 0.243 e. The van der Waals surface area contributed by atoms with Gasteiger partial charge in [0.25, 0.3) is 0 Å². The Bertz CT molecular complexity index is 1290. The Balaban J connectivity index is 1.24. The third-order valence-electron chi connectivity index (χ3n) is 7.45. The number of hydrogen-bond donors (Lipinski definition) is 2. The molecule has 1 aliphatic heterocycles. The number of benzene rings is 2. The lowest BCUT2D eigenvalue weighted by Crippen LogP contribution is -2.44. The molecule has 8 heteroatoms. The fourth-order valence-electron chi connectivity index (χ4n) is 5.32. The molecule has 0 saturated carbocycles. The summed E-state index contributed by atoms with van der Waals surface area (Å²) in [6.07, 6.45) is 5.29. The van der Waals surface area contributed by atoms with Crippen molar-refractivity contribution in [3.63, 3.8) is 0 Å². The zero-order valence-corrected chi connectivity index (χ0v) is 21.3. The molecule has 1 atom stereocenters. The first-order valence-electron chi connectivity index (χ1n) is 12.7. The van der Waals surface area contributed by atoms with Gasteiger partial charge in [-0.2, -0.15) is 4.31 Å². The number of aromatic amines is 1. The number of carbonyl (C=O) groups excluding carboxylic acids is 1. The van der Waals surface area contributed by atoms with Crippen LogP contribution < -0.4 is 5.32 Å². The van der Waals surface area contributed by atoms with Crippen molar-refractivity contribution in [2.75, 3.05) is 13.1 Å². The van der Waals surface area contributed by atoms with E-state index in [4.69, 9.17) is 0 Å². The minimum Gasteiger partial charge on any atom is -0.346 e. The first-order chi connectivity index (χ1) is 16.8. The predicted molar refractivity (Wildman–Crippen MR) is 136 cm³/mol. The highest BCUT2D eigenvalue weighted by Gasteiger charge is 2.34. The summed E-state index contributed by atoms with van der Waals surface area (Å²) >= 11 is 0. The molecule has 2 N–H and O–H groups in total. The van der Waals surface area contributed by atoms with Crippen molar-refractivity contribution in [1.82, 2.24) is 19.6 Å². The van der Waals surface area contributed by atoms with Crippen LogP contribution in [0.2, 0.25) is 0 Å². The van der Waals surface area contributed by atoms with E-state index < -0.39 is 10.0 Å². The number of para-hydroxylation sites is 2. The molecule has 3 aromatic rings. The molecule has 1 saturated heterocycles. The summed E-state index contributed by atoms with van der Waals surface area (Å²) in [4.78, 5) is 21.6. The quantitative estimate of drug-likeness (QED) is 0.532. The highest BCUT2D eigenvalue weighted by atomic mass is 32.2. The van der Waals surface area contributed by atoms with Crippen LogP contribution in [0.15, 0.2) is 47.4 Å². The molecule has 0 radical (unpaired) electrons. The van der Waals surface area contributed by atoms with Gasteiger partial charge in [0.05, 0.1) is 22.0 Å². The average molecular weight is 495 g/mol. The Morgan fingerprint density at radius 2 is 1.77 bits per heavy atom. The second kappa shape index (κ2) is 9.74. The number of nitrogens with zero attached hydrogens (tertiary/aromatic N) is 2. The van der Waals surface area contributed by atoms with Crippen molar-refractivity contribution in [1.29, 1.82) is 0 Å². The number of aryl methyl sites for hydroxylation is 2. The number of amides is 1. The first kappa shape index (κ1) is 24.0.